The van der Waals surface area contributed by atoms with E-state index >= 15 is 0 Å². The molecule has 8 heteroatoms. The second-order valence-corrected chi connectivity index (χ2v) is 4.71. The fourth-order valence-corrected chi connectivity index (χ4v) is 1.57. The maximum absolute atomic E-state index is 13.4. The normalized spacial score (nSPS) is 11.7. The number of carbonyl (C=O) groups is 1. The molecule has 0 aliphatic rings. The zero-order valence-electron chi connectivity index (χ0n) is 11.5. The average molecular weight is 307 g/mol. The van der Waals surface area contributed by atoms with Crippen molar-refractivity contribution < 1.29 is 22.4 Å². The van der Waals surface area contributed by atoms with Crippen molar-refractivity contribution in [3.8, 4) is 0 Å². The number of nitrogen functional groups attached to an aromatic ring is 1. The number of benzene rings is 1. The predicted molar refractivity (Wildman–Crippen MR) is 72.2 cm³/mol. The van der Waals surface area contributed by atoms with E-state index in [9.17, 15) is 22.4 Å². The molecule has 0 saturated heterocycles. The standard InChI is InChI=1S/C13H17F4N3O/c1-20(7-5-13(15,16)17)6-4-12(21)19-11-8-9(18)2-3-10(11)14/h2-3,8H,4-7,18H2,1H3,(H,19,21). The summed E-state index contributed by atoms with van der Waals surface area (Å²) >= 11 is 0. The Morgan fingerprint density at radius 2 is 2.00 bits per heavy atom. The first kappa shape index (κ1) is 17.2. The quantitative estimate of drug-likeness (QED) is 0.627. The first-order valence-electron chi connectivity index (χ1n) is 6.27. The van der Waals surface area contributed by atoms with Crippen LogP contribution in [0, 0.1) is 5.82 Å². The van der Waals surface area contributed by atoms with E-state index < -0.39 is 24.3 Å². The van der Waals surface area contributed by atoms with E-state index in [1.165, 1.54) is 24.1 Å². The van der Waals surface area contributed by atoms with Gasteiger partial charge in [0.2, 0.25) is 5.91 Å². The summed E-state index contributed by atoms with van der Waals surface area (Å²) in [5.41, 5.74) is 5.73. The van der Waals surface area contributed by atoms with Crippen LogP contribution in [-0.4, -0.2) is 37.1 Å². The van der Waals surface area contributed by atoms with Crippen LogP contribution in [0.4, 0.5) is 28.9 Å². The van der Waals surface area contributed by atoms with Crippen LogP contribution >= 0.6 is 0 Å². The molecule has 0 spiro atoms. The minimum atomic E-state index is -4.22. The summed E-state index contributed by atoms with van der Waals surface area (Å²) in [6.07, 6.45) is -5.20. The van der Waals surface area contributed by atoms with Crippen molar-refractivity contribution in [3.63, 3.8) is 0 Å². The highest BCUT2D eigenvalue weighted by atomic mass is 19.4. The molecule has 1 amide bonds. The van der Waals surface area contributed by atoms with Crippen LogP contribution in [0.5, 0.6) is 0 Å². The lowest BCUT2D eigenvalue weighted by atomic mass is 10.2. The summed E-state index contributed by atoms with van der Waals surface area (Å²) in [6.45, 7) is -0.0464. The Kier molecular flexibility index (Phi) is 5.95. The molecule has 0 fully saturated rings. The number of rotatable bonds is 6. The molecule has 0 radical (unpaired) electrons. The lowest BCUT2D eigenvalue weighted by Gasteiger charge is -2.17. The van der Waals surface area contributed by atoms with E-state index in [-0.39, 0.29) is 25.2 Å². The molecule has 0 atom stereocenters. The summed E-state index contributed by atoms with van der Waals surface area (Å²) in [5, 5.41) is 2.34. The molecule has 1 aromatic rings. The van der Waals surface area contributed by atoms with Crippen molar-refractivity contribution in [2.75, 3.05) is 31.2 Å². The number of hydrogen-bond acceptors (Lipinski definition) is 3. The fourth-order valence-electron chi connectivity index (χ4n) is 1.57. The minimum Gasteiger partial charge on any atom is -0.399 e. The number of nitrogens with one attached hydrogen (secondary N) is 1. The lowest BCUT2D eigenvalue weighted by Crippen LogP contribution is -2.28. The SMILES string of the molecule is CN(CCC(=O)Nc1cc(N)ccc1F)CCC(F)(F)F. The van der Waals surface area contributed by atoms with Gasteiger partial charge in [0.25, 0.3) is 0 Å². The first-order valence-corrected chi connectivity index (χ1v) is 6.27. The van der Waals surface area contributed by atoms with Gasteiger partial charge in [-0.2, -0.15) is 13.2 Å². The van der Waals surface area contributed by atoms with Crippen LogP contribution in [0.1, 0.15) is 12.8 Å². The van der Waals surface area contributed by atoms with E-state index in [1.54, 1.807) is 0 Å². The van der Waals surface area contributed by atoms with Gasteiger partial charge in [-0.25, -0.2) is 4.39 Å². The Morgan fingerprint density at radius 1 is 1.33 bits per heavy atom. The molecule has 0 aliphatic heterocycles. The highest BCUT2D eigenvalue weighted by Crippen LogP contribution is 2.20. The summed E-state index contributed by atoms with van der Waals surface area (Å²) < 4.78 is 49.5. The van der Waals surface area contributed by atoms with Gasteiger partial charge in [-0.15, -0.1) is 0 Å². The molecule has 0 unspecified atom stereocenters. The number of hydrogen-bond donors (Lipinski definition) is 2. The van der Waals surface area contributed by atoms with Gasteiger partial charge >= 0.3 is 6.18 Å². The topological polar surface area (TPSA) is 58.4 Å². The average Bonchev–Trinajstić information content (AvgIpc) is 2.37. The van der Waals surface area contributed by atoms with Crippen LogP contribution in [-0.2, 0) is 4.79 Å². The summed E-state index contributed by atoms with van der Waals surface area (Å²) in [4.78, 5) is 13.0. The Morgan fingerprint density at radius 3 is 2.62 bits per heavy atom. The molecule has 0 bridgehead atoms. The van der Waals surface area contributed by atoms with E-state index in [4.69, 9.17) is 5.73 Å². The van der Waals surface area contributed by atoms with Gasteiger partial charge in [0.1, 0.15) is 5.82 Å². The number of anilines is 2. The van der Waals surface area contributed by atoms with Crippen LogP contribution in [0.15, 0.2) is 18.2 Å². The molecule has 1 rings (SSSR count). The largest absolute Gasteiger partial charge is 0.399 e. The second kappa shape index (κ2) is 7.26. The molecule has 1 aromatic carbocycles. The van der Waals surface area contributed by atoms with Gasteiger partial charge in [0, 0.05) is 25.2 Å². The van der Waals surface area contributed by atoms with Crippen molar-refractivity contribution >= 4 is 17.3 Å². The van der Waals surface area contributed by atoms with Gasteiger partial charge in [-0.1, -0.05) is 0 Å². The van der Waals surface area contributed by atoms with E-state index in [2.05, 4.69) is 5.32 Å². The Bertz CT molecular complexity index is 491. The molecular formula is C13H17F4N3O. The van der Waals surface area contributed by atoms with Gasteiger partial charge in [-0.05, 0) is 25.2 Å². The molecule has 3 N–H and O–H groups in total. The van der Waals surface area contributed by atoms with Gasteiger partial charge < -0.3 is 16.0 Å². The van der Waals surface area contributed by atoms with Crippen molar-refractivity contribution in [2.24, 2.45) is 0 Å². The molecule has 0 heterocycles. The molecule has 0 aromatic heterocycles. The van der Waals surface area contributed by atoms with Crippen LogP contribution in [0.2, 0.25) is 0 Å². The molecular weight excluding hydrogens is 290 g/mol. The number of halogens is 4. The number of nitrogens with two attached hydrogens (primary N) is 1. The molecule has 21 heavy (non-hydrogen) atoms. The summed E-state index contributed by atoms with van der Waals surface area (Å²) in [7, 11) is 1.49. The third-order valence-electron chi connectivity index (χ3n) is 2.76. The molecule has 4 nitrogen and oxygen atoms in total. The monoisotopic (exact) mass is 307 g/mol. The maximum Gasteiger partial charge on any atom is 0.390 e. The molecule has 0 saturated carbocycles. The number of nitrogens with zero attached hydrogens (tertiary/aromatic N) is 1. The van der Waals surface area contributed by atoms with Crippen molar-refractivity contribution in [1.29, 1.82) is 0 Å². The van der Waals surface area contributed by atoms with Gasteiger partial charge in [0.15, 0.2) is 0 Å². The van der Waals surface area contributed by atoms with E-state index in [0.717, 1.165) is 6.07 Å². The number of carbonyl (C=O) groups excluding carboxylic acids is 1. The van der Waals surface area contributed by atoms with Crippen molar-refractivity contribution in [2.45, 2.75) is 19.0 Å². The third kappa shape index (κ3) is 6.94. The number of amides is 1. The Hall–Kier alpha value is -1.83. The van der Waals surface area contributed by atoms with Crippen molar-refractivity contribution in [1.82, 2.24) is 4.90 Å². The third-order valence-corrected chi connectivity index (χ3v) is 2.76. The zero-order valence-corrected chi connectivity index (χ0v) is 11.5. The Labute approximate surface area is 119 Å². The minimum absolute atomic E-state index is 0.0391. The van der Waals surface area contributed by atoms with E-state index in [0.29, 0.717) is 5.69 Å². The lowest BCUT2D eigenvalue weighted by molar-refractivity contribution is -0.137. The molecule has 0 aliphatic carbocycles. The number of alkyl halides is 3. The smallest absolute Gasteiger partial charge is 0.390 e. The highest BCUT2D eigenvalue weighted by Gasteiger charge is 2.27. The van der Waals surface area contributed by atoms with Gasteiger partial charge in [-0.3, -0.25) is 4.79 Å². The van der Waals surface area contributed by atoms with Crippen LogP contribution in [0.3, 0.4) is 0 Å². The van der Waals surface area contributed by atoms with Gasteiger partial charge in [0.05, 0.1) is 12.1 Å². The zero-order chi connectivity index (χ0) is 16.0. The second-order valence-electron chi connectivity index (χ2n) is 4.71. The predicted octanol–water partition coefficient (Wildman–Crippen LogP) is 2.62. The fraction of sp³-hybridized carbons (Fsp3) is 0.462. The van der Waals surface area contributed by atoms with Crippen LogP contribution < -0.4 is 11.1 Å². The molecule has 118 valence electrons. The maximum atomic E-state index is 13.4. The Balaban J connectivity index is 2.39. The summed E-state index contributed by atoms with van der Waals surface area (Å²) in [5.74, 6) is -1.11. The highest BCUT2D eigenvalue weighted by molar-refractivity contribution is 5.91. The van der Waals surface area contributed by atoms with Crippen molar-refractivity contribution in [3.05, 3.63) is 24.0 Å². The first-order chi connectivity index (χ1) is 9.67. The summed E-state index contributed by atoms with van der Waals surface area (Å²) in [6, 6.07) is 3.76. The van der Waals surface area contributed by atoms with E-state index in [1.807, 2.05) is 0 Å². The van der Waals surface area contributed by atoms with Crippen LogP contribution in [0.25, 0.3) is 0 Å².